The average molecular weight is 259 g/mol. The fourth-order valence-electron chi connectivity index (χ4n) is 3.49. The van der Waals surface area contributed by atoms with Gasteiger partial charge in [-0.05, 0) is 31.2 Å². The molecule has 2 nitrogen and oxygen atoms in total. The number of morpholine rings is 1. The van der Waals surface area contributed by atoms with E-state index in [9.17, 15) is 0 Å². The van der Waals surface area contributed by atoms with Gasteiger partial charge in [-0.25, -0.2) is 0 Å². The van der Waals surface area contributed by atoms with Gasteiger partial charge in [0, 0.05) is 19.1 Å². The summed E-state index contributed by atoms with van der Waals surface area (Å²) >= 11 is 0. The number of rotatable bonds is 4. The minimum atomic E-state index is 0.439. The second kappa shape index (κ2) is 6.53. The van der Waals surface area contributed by atoms with E-state index < -0.39 is 0 Å². The first kappa shape index (κ1) is 13.1. The minimum Gasteiger partial charge on any atom is -0.376 e. The zero-order chi connectivity index (χ0) is 12.9. The number of hydrogen-bond acceptors (Lipinski definition) is 2. The molecule has 0 bridgehead atoms. The van der Waals surface area contributed by atoms with Crippen LogP contribution in [0.2, 0.25) is 0 Å². The first-order valence-corrected chi connectivity index (χ1v) is 7.81. The van der Waals surface area contributed by atoms with Crippen LogP contribution in [-0.4, -0.2) is 36.7 Å². The molecule has 1 heterocycles. The molecule has 1 saturated carbocycles. The van der Waals surface area contributed by atoms with Gasteiger partial charge < -0.3 is 4.74 Å². The fourth-order valence-corrected chi connectivity index (χ4v) is 3.49. The molecule has 1 aromatic carbocycles. The van der Waals surface area contributed by atoms with Gasteiger partial charge >= 0.3 is 0 Å². The van der Waals surface area contributed by atoms with Crippen molar-refractivity contribution in [3.8, 4) is 0 Å². The molecule has 0 aromatic heterocycles. The van der Waals surface area contributed by atoms with E-state index in [1.54, 1.807) is 0 Å². The predicted octanol–water partition coefficient (Wildman–Crippen LogP) is 3.26. The van der Waals surface area contributed by atoms with Crippen molar-refractivity contribution in [3.05, 3.63) is 35.9 Å². The standard InChI is InChI=1S/C17H25NO/c1-2-6-15(7-3-1)10-11-17-14-18(12-13-19-17)16-8-4-5-9-16/h1-3,6-7,16-17H,4-5,8-14H2. The van der Waals surface area contributed by atoms with E-state index >= 15 is 0 Å². The van der Waals surface area contributed by atoms with Crippen LogP contribution in [0.25, 0.3) is 0 Å². The molecule has 1 aromatic rings. The third-order valence-electron chi connectivity index (χ3n) is 4.61. The maximum absolute atomic E-state index is 5.95. The van der Waals surface area contributed by atoms with E-state index in [1.807, 2.05) is 0 Å². The highest BCUT2D eigenvalue weighted by atomic mass is 16.5. The Morgan fingerprint density at radius 3 is 2.68 bits per heavy atom. The summed E-state index contributed by atoms with van der Waals surface area (Å²) in [5.41, 5.74) is 1.43. The number of hydrogen-bond donors (Lipinski definition) is 0. The van der Waals surface area contributed by atoms with Gasteiger partial charge in [0.1, 0.15) is 0 Å². The third kappa shape index (κ3) is 3.58. The summed E-state index contributed by atoms with van der Waals surface area (Å²) in [4.78, 5) is 2.69. The Bertz CT molecular complexity index is 372. The molecule has 104 valence electrons. The Morgan fingerprint density at radius 2 is 1.89 bits per heavy atom. The van der Waals surface area contributed by atoms with Crippen LogP contribution in [0.4, 0.5) is 0 Å². The predicted molar refractivity (Wildman–Crippen MR) is 78.3 cm³/mol. The average Bonchev–Trinajstić information content (AvgIpc) is 3.01. The monoisotopic (exact) mass is 259 g/mol. The van der Waals surface area contributed by atoms with Crippen molar-refractivity contribution in [3.63, 3.8) is 0 Å². The van der Waals surface area contributed by atoms with Crippen LogP contribution in [0.3, 0.4) is 0 Å². The van der Waals surface area contributed by atoms with Gasteiger partial charge in [-0.15, -0.1) is 0 Å². The van der Waals surface area contributed by atoms with Gasteiger partial charge in [-0.2, -0.15) is 0 Å². The van der Waals surface area contributed by atoms with E-state index in [0.29, 0.717) is 6.10 Å². The molecule has 2 heteroatoms. The lowest BCUT2D eigenvalue weighted by molar-refractivity contribution is -0.0453. The molecule has 0 N–H and O–H groups in total. The summed E-state index contributed by atoms with van der Waals surface area (Å²) in [5.74, 6) is 0. The molecule has 0 amide bonds. The third-order valence-corrected chi connectivity index (χ3v) is 4.61. The summed E-state index contributed by atoms with van der Waals surface area (Å²) in [6.45, 7) is 3.22. The normalized spacial score (nSPS) is 25.8. The molecule has 3 rings (SSSR count). The van der Waals surface area contributed by atoms with Crippen LogP contribution >= 0.6 is 0 Å². The smallest absolute Gasteiger partial charge is 0.0705 e. The largest absolute Gasteiger partial charge is 0.376 e. The molecule has 1 aliphatic heterocycles. The van der Waals surface area contributed by atoms with Gasteiger partial charge in [0.05, 0.1) is 12.7 Å². The van der Waals surface area contributed by atoms with Crippen LogP contribution in [0.1, 0.15) is 37.7 Å². The van der Waals surface area contributed by atoms with Crippen molar-refractivity contribution in [2.24, 2.45) is 0 Å². The summed E-state index contributed by atoms with van der Waals surface area (Å²) in [6.07, 6.45) is 8.41. The molecule has 2 aliphatic rings. The van der Waals surface area contributed by atoms with E-state index in [-0.39, 0.29) is 0 Å². The summed E-state index contributed by atoms with van der Waals surface area (Å²) in [5, 5.41) is 0. The van der Waals surface area contributed by atoms with Gasteiger partial charge in [0.25, 0.3) is 0 Å². The van der Waals surface area contributed by atoms with Crippen LogP contribution in [0.15, 0.2) is 30.3 Å². The van der Waals surface area contributed by atoms with Gasteiger partial charge in [-0.3, -0.25) is 4.90 Å². The Hall–Kier alpha value is -0.860. The van der Waals surface area contributed by atoms with Crippen molar-refractivity contribution >= 4 is 0 Å². The van der Waals surface area contributed by atoms with Crippen LogP contribution in [0, 0.1) is 0 Å². The Morgan fingerprint density at radius 1 is 1.11 bits per heavy atom. The van der Waals surface area contributed by atoms with Crippen LogP contribution in [0.5, 0.6) is 0 Å². The molecule has 19 heavy (non-hydrogen) atoms. The molecule has 0 spiro atoms. The maximum atomic E-state index is 5.95. The molecule has 1 aliphatic carbocycles. The summed E-state index contributed by atoms with van der Waals surface area (Å²) < 4.78 is 5.95. The minimum absolute atomic E-state index is 0.439. The number of nitrogens with zero attached hydrogens (tertiary/aromatic N) is 1. The van der Waals surface area contributed by atoms with E-state index in [2.05, 4.69) is 35.2 Å². The second-order valence-corrected chi connectivity index (χ2v) is 5.95. The van der Waals surface area contributed by atoms with Crippen LogP contribution < -0.4 is 0 Å². The summed E-state index contributed by atoms with van der Waals surface area (Å²) in [7, 11) is 0. The lowest BCUT2D eigenvalue weighted by atomic mass is 10.0. The first-order valence-electron chi connectivity index (χ1n) is 7.81. The first-order chi connectivity index (χ1) is 9.42. The lowest BCUT2D eigenvalue weighted by Crippen LogP contribution is -2.46. The van der Waals surface area contributed by atoms with E-state index in [4.69, 9.17) is 4.74 Å². The highest BCUT2D eigenvalue weighted by Crippen LogP contribution is 2.25. The van der Waals surface area contributed by atoms with E-state index in [0.717, 1.165) is 38.6 Å². The number of benzene rings is 1. The van der Waals surface area contributed by atoms with Crippen molar-refractivity contribution < 1.29 is 4.74 Å². The van der Waals surface area contributed by atoms with Crippen LogP contribution in [-0.2, 0) is 11.2 Å². The second-order valence-electron chi connectivity index (χ2n) is 5.95. The molecule has 2 fully saturated rings. The zero-order valence-corrected chi connectivity index (χ0v) is 11.8. The molecule has 1 atom stereocenters. The van der Waals surface area contributed by atoms with Crippen molar-refractivity contribution in [2.75, 3.05) is 19.7 Å². The maximum Gasteiger partial charge on any atom is 0.0705 e. The zero-order valence-electron chi connectivity index (χ0n) is 11.8. The van der Waals surface area contributed by atoms with Crippen molar-refractivity contribution in [1.82, 2.24) is 4.90 Å². The topological polar surface area (TPSA) is 12.5 Å². The fraction of sp³-hybridized carbons (Fsp3) is 0.647. The molecule has 1 unspecified atom stereocenters. The molecular formula is C17H25NO. The van der Waals surface area contributed by atoms with Crippen molar-refractivity contribution in [2.45, 2.75) is 50.7 Å². The molecule has 1 saturated heterocycles. The highest BCUT2D eigenvalue weighted by Gasteiger charge is 2.27. The Kier molecular flexibility index (Phi) is 4.52. The Balaban J connectivity index is 1.48. The Labute approximate surface area is 116 Å². The quantitative estimate of drug-likeness (QED) is 0.823. The van der Waals surface area contributed by atoms with Crippen molar-refractivity contribution in [1.29, 1.82) is 0 Å². The highest BCUT2D eigenvalue weighted by molar-refractivity contribution is 5.14. The van der Waals surface area contributed by atoms with Gasteiger partial charge in [0.2, 0.25) is 0 Å². The SMILES string of the molecule is c1ccc(CCC2CN(C3CCCC3)CCO2)cc1. The van der Waals surface area contributed by atoms with E-state index in [1.165, 1.54) is 31.2 Å². The molecular weight excluding hydrogens is 234 g/mol. The molecule has 0 radical (unpaired) electrons. The van der Waals surface area contributed by atoms with Gasteiger partial charge in [0.15, 0.2) is 0 Å². The van der Waals surface area contributed by atoms with Gasteiger partial charge in [-0.1, -0.05) is 43.2 Å². The number of ether oxygens (including phenoxy) is 1. The number of aryl methyl sites for hydroxylation is 1. The summed E-state index contributed by atoms with van der Waals surface area (Å²) in [6, 6.07) is 11.6. The lowest BCUT2D eigenvalue weighted by Gasteiger charge is -2.37.